The molecule has 0 saturated heterocycles. The second-order valence-electron chi connectivity index (χ2n) is 4.83. The molecule has 2 N–H and O–H groups in total. The Balaban J connectivity index is 2.03. The molecule has 2 rings (SSSR count). The Kier molecular flexibility index (Phi) is 8.19. The van der Waals surface area contributed by atoms with E-state index in [0.717, 1.165) is 15.6 Å². The summed E-state index contributed by atoms with van der Waals surface area (Å²) in [5.41, 5.74) is 0.629. The number of hydrogen-bond acceptors (Lipinski definition) is 7. The second-order valence-corrected chi connectivity index (χ2v) is 7.53. The van der Waals surface area contributed by atoms with Crippen LogP contribution in [0.2, 0.25) is 10.0 Å². The molecule has 1 unspecified atom stereocenters. The van der Waals surface area contributed by atoms with Gasteiger partial charge in [0, 0.05) is 23.7 Å². The fourth-order valence-corrected chi connectivity index (χ4v) is 4.00. The summed E-state index contributed by atoms with van der Waals surface area (Å²) in [6.45, 7) is 2.46. The highest BCUT2D eigenvalue weighted by Gasteiger charge is 2.19. The summed E-state index contributed by atoms with van der Waals surface area (Å²) in [7, 11) is 0. The topological polar surface area (TPSA) is 105 Å². The van der Waals surface area contributed by atoms with Gasteiger partial charge in [-0.15, -0.1) is 10.2 Å². The first-order valence-corrected chi connectivity index (χ1v) is 10.1. The lowest BCUT2D eigenvalue weighted by Crippen LogP contribution is -2.35. The van der Waals surface area contributed by atoms with Crippen LogP contribution in [-0.4, -0.2) is 51.2 Å². The number of halogens is 2. The zero-order valence-corrected chi connectivity index (χ0v) is 16.8. The standard InChI is InChI=1S/C14H16Cl2N4O4S2/c1-2-24-12(21)8-17-5-6-20(26(22)23)14-19-18-13(25-14)10-4-3-9(15)7-11(10)16/h3-4,7,17H,2,5-6,8H2,1H3,(H,22,23). The highest BCUT2D eigenvalue weighted by molar-refractivity contribution is 7.81. The molecule has 0 amide bonds. The molecule has 0 aliphatic carbocycles. The average Bonchev–Trinajstić information content (AvgIpc) is 3.03. The van der Waals surface area contributed by atoms with E-state index in [4.69, 9.17) is 27.9 Å². The fourth-order valence-electron chi connectivity index (χ4n) is 1.91. The Labute approximate surface area is 166 Å². The van der Waals surface area contributed by atoms with Crippen molar-refractivity contribution in [3.8, 4) is 10.6 Å². The van der Waals surface area contributed by atoms with E-state index in [-0.39, 0.29) is 30.7 Å². The monoisotopic (exact) mass is 438 g/mol. The molecular weight excluding hydrogens is 423 g/mol. The van der Waals surface area contributed by atoms with Crippen LogP contribution >= 0.6 is 34.5 Å². The Morgan fingerprint density at radius 3 is 2.85 bits per heavy atom. The van der Waals surface area contributed by atoms with Crippen molar-refractivity contribution >= 4 is 56.9 Å². The van der Waals surface area contributed by atoms with E-state index in [9.17, 15) is 13.6 Å². The summed E-state index contributed by atoms with van der Waals surface area (Å²) < 4.78 is 27.0. The largest absolute Gasteiger partial charge is 0.465 e. The molecule has 8 nitrogen and oxygen atoms in total. The zero-order valence-electron chi connectivity index (χ0n) is 13.6. The van der Waals surface area contributed by atoms with E-state index in [2.05, 4.69) is 15.5 Å². The number of nitrogens with zero attached hydrogens (tertiary/aromatic N) is 3. The van der Waals surface area contributed by atoms with Crippen molar-refractivity contribution in [2.75, 3.05) is 30.5 Å². The molecule has 0 aliphatic heterocycles. The van der Waals surface area contributed by atoms with Crippen molar-refractivity contribution in [1.82, 2.24) is 15.5 Å². The van der Waals surface area contributed by atoms with Crippen LogP contribution in [-0.2, 0) is 20.8 Å². The van der Waals surface area contributed by atoms with Crippen molar-refractivity contribution < 1.29 is 18.3 Å². The number of nitrogens with one attached hydrogen (secondary N) is 1. The maximum Gasteiger partial charge on any atom is 0.319 e. The van der Waals surface area contributed by atoms with E-state index < -0.39 is 11.3 Å². The predicted octanol–water partition coefficient (Wildman–Crippen LogP) is 2.61. The van der Waals surface area contributed by atoms with Crippen molar-refractivity contribution in [3.05, 3.63) is 28.2 Å². The number of carbonyl (C=O) groups excluding carboxylic acids is 1. The second kappa shape index (κ2) is 10.1. The summed E-state index contributed by atoms with van der Waals surface area (Å²) >= 11 is 10.9. The van der Waals surface area contributed by atoms with Gasteiger partial charge >= 0.3 is 5.97 Å². The normalized spacial score (nSPS) is 12.0. The van der Waals surface area contributed by atoms with E-state index in [0.29, 0.717) is 27.2 Å². The summed E-state index contributed by atoms with van der Waals surface area (Å²) in [5, 5.41) is 12.5. The van der Waals surface area contributed by atoms with Crippen molar-refractivity contribution in [2.24, 2.45) is 0 Å². The molecule has 0 aliphatic rings. The summed E-state index contributed by atoms with van der Waals surface area (Å²) in [6, 6.07) is 4.96. The molecule has 1 aromatic heterocycles. The molecule has 0 radical (unpaired) electrons. The smallest absolute Gasteiger partial charge is 0.319 e. The minimum atomic E-state index is -2.29. The van der Waals surface area contributed by atoms with Crippen LogP contribution in [0.15, 0.2) is 18.2 Å². The molecule has 1 aromatic carbocycles. The lowest BCUT2D eigenvalue weighted by atomic mass is 10.2. The van der Waals surface area contributed by atoms with Crippen molar-refractivity contribution in [1.29, 1.82) is 0 Å². The van der Waals surface area contributed by atoms with Gasteiger partial charge in [-0.05, 0) is 25.1 Å². The van der Waals surface area contributed by atoms with Crippen LogP contribution in [0.5, 0.6) is 0 Å². The van der Waals surface area contributed by atoms with Crippen molar-refractivity contribution in [2.45, 2.75) is 6.92 Å². The Bertz CT molecular complexity index is 790. The summed E-state index contributed by atoms with van der Waals surface area (Å²) in [4.78, 5) is 11.3. The molecule has 2 aromatic rings. The molecule has 0 fully saturated rings. The predicted molar refractivity (Wildman–Crippen MR) is 103 cm³/mol. The summed E-state index contributed by atoms with van der Waals surface area (Å²) in [6.07, 6.45) is 0. The molecule has 1 heterocycles. The number of benzene rings is 1. The van der Waals surface area contributed by atoms with Gasteiger partial charge in [-0.2, -0.15) is 0 Å². The van der Waals surface area contributed by atoms with Crippen LogP contribution in [0.25, 0.3) is 10.6 Å². The molecular formula is C14H16Cl2N4O4S2. The third-order valence-corrected chi connectivity index (χ3v) is 5.42. The van der Waals surface area contributed by atoms with Gasteiger partial charge in [-0.1, -0.05) is 34.5 Å². The Hall–Kier alpha value is -1.30. The van der Waals surface area contributed by atoms with Gasteiger partial charge in [0.1, 0.15) is 0 Å². The third kappa shape index (κ3) is 5.86. The first-order chi connectivity index (χ1) is 12.4. The highest BCUT2D eigenvalue weighted by Crippen LogP contribution is 2.34. The first-order valence-electron chi connectivity index (χ1n) is 7.46. The lowest BCUT2D eigenvalue weighted by Gasteiger charge is -2.16. The van der Waals surface area contributed by atoms with Gasteiger partial charge < -0.3 is 10.1 Å². The van der Waals surface area contributed by atoms with Crippen molar-refractivity contribution in [3.63, 3.8) is 0 Å². The maximum absolute atomic E-state index is 11.6. The van der Waals surface area contributed by atoms with E-state index in [1.807, 2.05) is 0 Å². The van der Waals surface area contributed by atoms with Gasteiger partial charge in [0.25, 0.3) is 11.3 Å². The molecule has 0 bridgehead atoms. The van der Waals surface area contributed by atoms with Crippen LogP contribution in [0.1, 0.15) is 6.92 Å². The van der Waals surface area contributed by atoms with Crippen LogP contribution < -0.4 is 9.62 Å². The van der Waals surface area contributed by atoms with Crippen LogP contribution in [0.4, 0.5) is 5.13 Å². The number of hydrogen-bond donors (Lipinski definition) is 2. The SMILES string of the molecule is CCOC(=O)CNCCN(c1nnc(-c2ccc(Cl)cc2Cl)s1)S(=O)O. The average molecular weight is 439 g/mol. The van der Waals surface area contributed by atoms with Gasteiger partial charge in [-0.25, -0.2) is 8.51 Å². The number of esters is 1. The number of aromatic nitrogens is 2. The Morgan fingerprint density at radius 2 is 2.19 bits per heavy atom. The van der Waals surface area contributed by atoms with E-state index >= 15 is 0 Å². The minimum absolute atomic E-state index is 0.0154. The Morgan fingerprint density at radius 1 is 1.42 bits per heavy atom. The minimum Gasteiger partial charge on any atom is -0.465 e. The molecule has 12 heteroatoms. The van der Waals surface area contributed by atoms with Gasteiger partial charge in [0.15, 0.2) is 5.01 Å². The first kappa shape index (κ1) is 21.0. The molecule has 26 heavy (non-hydrogen) atoms. The zero-order chi connectivity index (χ0) is 19.1. The van der Waals surface area contributed by atoms with Gasteiger partial charge in [-0.3, -0.25) is 9.35 Å². The quantitative estimate of drug-likeness (QED) is 0.352. The number of ether oxygens (including phenoxy) is 1. The van der Waals surface area contributed by atoms with Gasteiger partial charge in [0.2, 0.25) is 5.13 Å². The third-order valence-electron chi connectivity index (χ3n) is 3.04. The maximum atomic E-state index is 11.6. The van der Waals surface area contributed by atoms with E-state index in [1.54, 1.807) is 25.1 Å². The highest BCUT2D eigenvalue weighted by atomic mass is 35.5. The number of anilines is 1. The fraction of sp³-hybridized carbons (Fsp3) is 0.357. The molecule has 0 spiro atoms. The van der Waals surface area contributed by atoms with Crippen LogP contribution in [0.3, 0.4) is 0 Å². The van der Waals surface area contributed by atoms with Gasteiger partial charge in [0.05, 0.1) is 18.2 Å². The molecule has 1 atom stereocenters. The summed E-state index contributed by atoms with van der Waals surface area (Å²) in [5.74, 6) is -0.389. The lowest BCUT2D eigenvalue weighted by molar-refractivity contribution is -0.141. The molecule has 0 saturated carbocycles. The number of rotatable bonds is 9. The number of carbonyl (C=O) groups is 1. The van der Waals surface area contributed by atoms with Crippen LogP contribution in [0, 0.1) is 0 Å². The molecule has 142 valence electrons. The van der Waals surface area contributed by atoms with E-state index in [1.165, 1.54) is 0 Å².